The van der Waals surface area contributed by atoms with Crippen molar-refractivity contribution >= 4 is 5.91 Å². The minimum Gasteiger partial charge on any atom is -0.349 e. The average Bonchev–Trinajstić information content (AvgIpc) is 3.03. The summed E-state index contributed by atoms with van der Waals surface area (Å²) >= 11 is 0. The Labute approximate surface area is 95.4 Å². The summed E-state index contributed by atoms with van der Waals surface area (Å²) in [7, 11) is 0. The third-order valence-electron chi connectivity index (χ3n) is 3.82. The zero-order valence-electron chi connectivity index (χ0n) is 9.15. The van der Waals surface area contributed by atoms with Gasteiger partial charge in [0.25, 0.3) is 0 Å². The van der Waals surface area contributed by atoms with Gasteiger partial charge in [-0.15, -0.1) is 0 Å². The van der Waals surface area contributed by atoms with E-state index in [2.05, 4.69) is 36.2 Å². The molecule has 0 spiro atoms. The molecule has 82 valence electrons. The Morgan fingerprint density at radius 1 is 1.44 bits per heavy atom. The van der Waals surface area contributed by atoms with Gasteiger partial charge < -0.3 is 5.32 Å². The fourth-order valence-electron chi connectivity index (χ4n) is 2.99. The van der Waals surface area contributed by atoms with Crippen molar-refractivity contribution in [1.82, 2.24) is 5.32 Å². The highest BCUT2D eigenvalue weighted by molar-refractivity contribution is 5.87. The van der Waals surface area contributed by atoms with Crippen LogP contribution in [-0.4, -0.2) is 11.9 Å². The molecule has 2 nitrogen and oxygen atoms in total. The number of benzene rings is 1. The summed E-state index contributed by atoms with van der Waals surface area (Å²) in [6, 6.07) is 8.93. The van der Waals surface area contributed by atoms with Crippen LogP contribution in [0.3, 0.4) is 0 Å². The van der Waals surface area contributed by atoms with Crippen molar-refractivity contribution in [3.05, 3.63) is 48.0 Å². The van der Waals surface area contributed by atoms with E-state index in [1.807, 2.05) is 0 Å². The molecule has 0 aliphatic heterocycles. The van der Waals surface area contributed by atoms with E-state index in [0.717, 1.165) is 6.42 Å². The minimum absolute atomic E-state index is 0.0446. The summed E-state index contributed by atoms with van der Waals surface area (Å²) in [5.41, 5.74) is 2.90. The van der Waals surface area contributed by atoms with Crippen LogP contribution in [0.1, 0.15) is 23.5 Å². The van der Waals surface area contributed by atoms with Crippen LogP contribution in [-0.2, 0) is 11.2 Å². The predicted octanol–water partition coefficient (Wildman–Crippen LogP) is 2.02. The molecular weight excluding hydrogens is 198 g/mol. The summed E-state index contributed by atoms with van der Waals surface area (Å²) in [6.07, 6.45) is 3.71. The molecule has 0 aromatic heterocycles. The molecule has 0 heterocycles. The van der Waals surface area contributed by atoms with Crippen molar-refractivity contribution in [3.8, 4) is 0 Å². The van der Waals surface area contributed by atoms with Crippen LogP contribution in [0.2, 0.25) is 0 Å². The second-order valence-corrected chi connectivity index (χ2v) is 4.67. The van der Waals surface area contributed by atoms with E-state index >= 15 is 0 Å². The Hall–Kier alpha value is -1.57. The van der Waals surface area contributed by atoms with Gasteiger partial charge in [0, 0.05) is 12.0 Å². The maximum atomic E-state index is 11.3. The Morgan fingerprint density at radius 3 is 3.06 bits per heavy atom. The Kier molecular flexibility index (Phi) is 2.10. The predicted molar refractivity (Wildman–Crippen MR) is 63.1 cm³/mol. The second-order valence-electron chi connectivity index (χ2n) is 4.67. The van der Waals surface area contributed by atoms with Crippen LogP contribution in [0.5, 0.6) is 0 Å². The lowest BCUT2D eigenvalue weighted by molar-refractivity contribution is -0.116. The Morgan fingerprint density at radius 2 is 2.25 bits per heavy atom. The first-order valence-corrected chi connectivity index (χ1v) is 5.82. The summed E-state index contributed by atoms with van der Waals surface area (Å²) in [4.78, 5) is 11.3. The van der Waals surface area contributed by atoms with Crippen molar-refractivity contribution in [2.24, 2.45) is 5.92 Å². The first-order chi connectivity index (χ1) is 7.81. The zero-order valence-corrected chi connectivity index (χ0v) is 9.15. The Bertz CT molecular complexity index is 452. The number of rotatable bonds is 2. The van der Waals surface area contributed by atoms with Crippen LogP contribution >= 0.6 is 0 Å². The number of amides is 1. The van der Waals surface area contributed by atoms with Crippen LogP contribution < -0.4 is 5.32 Å². The maximum Gasteiger partial charge on any atom is 0.243 e. The number of fused-ring (bicyclic) bond motifs is 3. The fourth-order valence-corrected chi connectivity index (χ4v) is 2.99. The minimum atomic E-state index is -0.0446. The molecule has 2 heteroatoms. The molecular formula is C14H15NO. The van der Waals surface area contributed by atoms with Gasteiger partial charge in [-0.25, -0.2) is 0 Å². The van der Waals surface area contributed by atoms with Crippen molar-refractivity contribution < 1.29 is 4.79 Å². The molecule has 3 unspecified atom stereocenters. The largest absolute Gasteiger partial charge is 0.349 e. The lowest BCUT2D eigenvalue weighted by Gasteiger charge is -2.13. The van der Waals surface area contributed by atoms with Crippen molar-refractivity contribution in [1.29, 1.82) is 0 Å². The van der Waals surface area contributed by atoms with E-state index in [0.29, 0.717) is 17.9 Å². The fraction of sp³-hybridized carbons (Fsp3) is 0.357. The highest BCUT2D eigenvalue weighted by atomic mass is 16.1. The molecule has 1 aromatic carbocycles. The topological polar surface area (TPSA) is 29.1 Å². The standard InChI is InChI=1S/C14H15NO/c1-2-12(16)15-14-11-8-7-9-5-3-4-6-10(9)13(11)14/h2-6,11,13-14H,1,7-8H2,(H,15,16). The molecule has 1 amide bonds. The summed E-state index contributed by atoms with van der Waals surface area (Å²) in [6.45, 7) is 3.49. The Balaban J connectivity index is 1.82. The third kappa shape index (κ3) is 1.37. The van der Waals surface area contributed by atoms with Crippen molar-refractivity contribution in [3.63, 3.8) is 0 Å². The van der Waals surface area contributed by atoms with Crippen LogP contribution in [0, 0.1) is 5.92 Å². The third-order valence-corrected chi connectivity index (χ3v) is 3.82. The quantitative estimate of drug-likeness (QED) is 0.748. The highest BCUT2D eigenvalue weighted by Crippen LogP contribution is 2.54. The normalized spacial score (nSPS) is 29.9. The van der Waals surface area contributed by atoms with Crippen LogP contribution in [0.4, 0.5) is 0 Å². The first-order valence-electron chi connectivity index (χ1n) is 5.82. The number of nitrogens with one attached hydrogen (secondary N) is 1. The summed E-state index contributed by atoms with van der Waals surface area (Å²) < 4.78 is 0. The number of hydrogen-bond acceptors (Lipinski definition) is 1. The van der Waals surface area contributed by atoms with Crippen LogP contribution in [0.15, 0.2) is 36.9 Å². The van der Waals surface area contributed by atoms with Gasteiger partial charge in [0.2, 0.25) is 5.91 Å². The monoisotopic (exact) mass is 213 g/mol. The van der Waals surface area contributed by atoms with Gasteiger partial charge in [-0.3, -0.25) is 4.79 Å². The SMILES string of the molecule is C=CC(=O)NC1C2CCc3ccccc3C21. The van der Waals surface area contributed by atoms with Gasteiger partial charge in [0.05, 0.1) is 0 Å². The smallest absolute Gasteiger partial charge is 0.243 e. The van der Waals surface area contributed by atoms with Gasteiger partial charge in [0.15, 0.2) is 0 Å². The molecule has 1 aromatic rings. The molecule has 16 heavy (non-hydrogen) atoms. The lowest BCUT2D eigenvalue weighted by Crippen LogP contribution is -2.25. The van der Waals surface area contributed by atoms with E-state index in [4.69, 9.17) is 0 Å². The molecule has 0 saturated heterocycles. The highest BCUT2D eigenvalue weighted by Gasteiger charge is 2.53. The van der Waals surface area contributed by atoms with E-state index in [-0.39, 0.29) is 5.91 Å². The van der Waals surface area contributed by atoms with E-state index in [1.54, 1.807) is 0 Å². The number of carbonyl (C=O) groups excluding carboxylic acids is 1. The number of carbonyl (C=O) groups is 1. The first kappa shape index (κ1) is 9.64. The van der Waals surface area contributed by atoms with Crippen LogP contribution in [0.25, 0.3) is 0 Å². The van der Waals surface area contributed by atoms with E-state index in [9.17, 15) is 4.79 Å². The zero-order chi connectivity index (χ0) is 11.1. The van der Waals surface area contributed by atoms with Crippen molar-refractivity contribution in [2.75, 3.05) is 0 Å². The summed E-state index contributed by atoms with van der Waals surface area (Å²) in [5.74, 6) is 1.16. The molecule has 1 fully saturated rings. The second kappa shape index (κ2) is 3.48. The van der Waals surface area contributed by atoms with Crippen molar-refractivity contribution in [2.45, 2.75) is 24.8 Å². The van der Waals surface area contributed by atoms with Gasteiger partial charge in [-0.05, 0) is 36.0 Å². The van der Waals surface area contributed by atoms with Gasteiger partial charge in [-0.2, -0.15) is 0 Å². The molecule has 0 radical (unpaired) electrons. The van der Waals surface area contributed by atoms with E-state index in [1.165, 1.54) is 23.6 Å². The number of aryl methyl sites for hydroxylation is 1. The van der Waals surface area contributed by atoms with E-state index < -0.39 is 0 Å². The van der Waals surface area contributed by atoms with Gasteiger partial charge in [-0.1, -0.05) is 30.8 Å². The molecule has 2 aliphatic carbocycles. The van der Waals surface area contributed by atoms with Gasteiger partial charge in [0.1, 0.15) is 0 Å². The molecule has 3 atom stereocenters. The summed E-state index contributed by atoms with van der Waals surface area (Å²) in [5, 5.41) is 3.03. The number of hydrogen-bond donors (Lipinski definition) is 1. The average molecular weight is 213 g/mol. The molecule has 1 saturated carbocycles. The molecule has 2 aliphatic rings. The van der Waals surface area contributed by atoms with Gasteiger partial charge >= 0.3 is 0 Å². The molecule has 3 rings (SSSR count). The molecule has 1 N–H and O–H groups in total. The molecule has 0 bridgehead atoms. The maximum absolute atomic E-state index is 11.3. The lowest BCUT2D eigenvalue weighted by atomic mass is 9.92.